The summed E-state index contributed by atoms with van der Waals surface area (Å²) >= 11 is 0. The third-order valence-corrected chi connectivity index (χ3v) is 8.74. The number of nitriles is 1. The Labute approximate surface area is 178 Å². The van der Waals surface area contributed by atoms with Crippen LogP contribution in [0.4, 0.5) is 0 Å². The number of carbonyl (C=O) groups is 3. The van der Waals surface area contributed by atoms with Crippen LogP contribution in [0, 0.1) is 45.8 Å². The molecule has 0 amide bonds. The molecule has 0 aliphatic heterocycles. The van der Waals surface area contributed by atoms with E-state index < -0.39 is 11.9 Å². The van der Waals surface area contributed by atoms with E-state index in [4.69, 9.17) is 9.47 Å². The highest BCUT2D eigenvalue weighted by Gasteiger charge is 2.61. The summed E-state index contributed by atoms with van der Waals surface area (Å²) in [5.41, 5.74) is 0.610. The molecule has 6 nitrogen and oxygen atoms in total. The summed E-state index contributed by atoms with van der Waals surface area (Å²) in [4.78, 5) is 36.1. The first-order valence-corrected chi connectivity index (χ1v) is 11.1. The summed E-state index contributed by atoms with van der Waals surface area (Å²) < 4.78 is 11.1. The first-order valence-electron chi connectivity index (χ1n) is 11.1. The molecule has 7 atom stereocenters. The summed E-state index contributed by atoms with van der Waals surface area (Å²) in [6, 6.07) is 2.16. The number of rotatable bonds is 2. The van der Waals surface area contributed by atoms with Gasteiger partial charge in [-0.1, -0.05) is 13.8 Å². The predicted octanol–water partition coefficient (Wildman–Crippen LogP) is 4.09. The molecule has 3 saturated carbocycles. The first kappa shape index (κ1) is 21.1. The molecule has 162 valence electrons. The normalized spacial score (nSPS) is 42.5. The SMILES string of the molecule is CC(=O)OC1=C2CC[C@@H]3C(CC[C@@]4(C)C3CC[C@@H]4OC(C)=O)[C@@]2(C)CC(C#N)C1=O. The van der Waals surface area contributed by atoms with Crippen LogP contribution in [-0.2, 0) is 23.9 Å². The van der Waals surface area contributed by atoms with E-state index in [1.54, 1.807) is 0 Å². The van der Waals surface area contributed by atoms with Crippen molar-refractivity contribution in [2.45, 2.75) is 78.7 Å². The first-order chi connectivity index (χ1) is 14.1. The molecule has 3 unspecified atom stereocenters. The number of allylic oxidation sites excluding steroid dienone is 1. The molecule has 0 spiro atoms. The molecular weight excluding hydrogens is 382 g/mol. The molecule has 0 saturated heterocycles. The van der Waals surface area contributed by atoms with Crippen LogP contribution in [0.3, 0.4) is 0 Å². The van der Waals surface area contributed by atoms with Gasteiger partial charge in [0, 0.05) is 19.3 Å². The number of carbonyl (C=O) groups excluding carboxylic acids is 3. The van der Waals surface area contributed by atoms with E-state index >= 15 is 0 Å². The highest BCUT2D eigenvalue weighted by atomic mass is 16.5. The maximum atomic E-state index is 12.8. The van der Waals surface area contributed by atoms with Gasteiger partial charge in [-0.05, 0) is 73.7 Å². The highest BCUT2D eigenvalue weighted by Crippen LogP contribution is 2.66. The van der Waals surface area contributed by atoms with Gasteiger partial charge >= 0.3 is 11.9 Å². The molecule has 0 aromatic carbocycles. The number of nitrogens with zero attached hydrogens (tertiary/aromatic N) is 1. The molecule has 0 bridgehead atoms. The second-order valence-corrected chi connectivity index (χ2v) is 10.2. The van der Waals surface area contributed by atoms with Crippen LogP contribution in [0.15, 0.2) is 11.3 Å². The standard InChI is InChI=1S/C24H31NO5/c1-13(26)29-20-8-7-17-16-5-6-19-22(30-14(2)27)21(28)15(12-25)11-24(19,4)18(16)9-10-23(17,20)3/h15-18,20H,5-11H2,1-4H3/t15?,16-,17?,18?,20-,23-,24+/m0/s1. The molecule has 0 N–H and O–H groups in total. The summed E-state index contributed by atoms with van der Waals surface area (Å²) in [7, 11) is 0. The third kappa shape index (κ3) is 3.01. The van der Waals surface area contributed by atoms with Crippen LogP contribution in [0.25, 0.3) is 0 Å². The minimum Gasteiger partial charge on any atom is -0.462 e. The largest absolute Gasteiger partial charge is 0.462 e. The fraction of sp³-hybridized carbons (Fsp3) is 0.750. The van der Waals surface area contributed by atoms with Crippen molar-refractivity contribution in [1.82, 2.24) is 0 Å². The summed E-state index contributed by atoms with van der Waals surface area (Å²) in [5, 5.41) is 9.64. The number of hydrogen-bond acceptors (Lipinski definition) is 6. The fourth-order valence-corrected chi connectivity index (χ4v) is 7.48. The molecule has 0 aromatic rings. The van der Waals surface area contributed by atoms with E-state index in [2.05, 4.69) is 19.9 Å². The van der Waals surface area contributed by atoms with Gasteiger partial charge < -0.3 is 9.47 Å². The van der Waals surface area contributed by atoms with Crippen molar-refractivity contribution in [2.75, 3.05) is 0 Å². The lowest BCUT2D eigenvalue weighted by molar-refractivity contribution is -0.157. The average Bonchev–Trinajstić information content (AvgIpc) is 2.99. The van der Waals surface area contributed by atoms with E-state index in [-0.39, 0.29) is 34.4 Å². The zero-order chi connectivity index (χ0) is 21.8. The second-order valence-electron chi connectivity index (χ2n) is 10.2. The van der Waals surface area contributed by atoms with Crippen molar-refractivity contribution in [3.05, 3.63) is 11.3 Å². The Bertz CT molecular complexity index is 869. The molecule has 4 aliphatic carbocycles. The molecule has 6 heteroatoms. The minimum absolute atomic E-state index is 0.0117. The van der Waals surface area contributed by atoms with E-state index in [1.807, 2.05) is 0 Å². The maximum Gasteiger partial charge on any atom is 0.308 e. The topological polar surface area (TPSA) is 93.5 Å². The number of ketones is 1. The van der Waals surface area contributed by atoms with Crippen LogP contribution >= 0.6 is 0 Å². The van der Waals surface area contributed by atoms with Crippen molar-refractivity contribution in [3.63, 3.8) is 0 Å². The number of ether oxygens (including phenoxy) is 2. The fourth-order valence-electron chi connectivity index (χ4n) is 7.48. The second kappa shape index (κ2) is 7.21. The number of fused-ring (bicyclic) bond motifs is 5. The zero-order valence-electron chi connectivity index (χ0n) is 18.3. The summed E-state index contributed by atoms with van der Waals surface area (Å²) in [6.45, 7) is 7.23. The van der Waals surface area contributed by atoms with Gasteiger partial charge in [0.15, 0.2) is 5.76 Å². The minimum atomic E-state index is -0.766. The van der Waals surface area contributed by atoms with Gasteiger partial charge in [-0.3, -0.25) is 14.4 Å². The number of hydrogen-bond donors (Lipinski definition) is 0. The van der Waals surface area contributed by atoms with Gasteiger partial charge in [-0.15, -0.1) is 0 Å². The van der Waals surface area contributed by atoms with Gasteiger partial charge in [-0.2, -0.15) is 5.26 Å². The van der Waals surface area contributed by atoms with E-state index in [0.29, 0.717) is 24.2 Å². The average molecular weight is 414 g/mol. The van der Waals surface area contributed by atoms with Crippen molar-refractivity contribution >= 4 is 17.7 Å². The third-order valence-electron chi connectivity index (χ3n) is 8.74. The van der Waals surface area contributed by atoms with E-state index in [9.17, 15) is 19.6 Å². The van der Waals surface area contributed by atoms with Crippen LogP contribution in [0.1, 0.15) is 72.6 Å². The summed E-state index contributed by atoms with van der Waals surface area (Å²) in [5.74, 6) is -0.418. The van der Waals surface area contributed by atoms with Crippen LogP contribution < -0.4 is 0 Å². The van der Waals surface area contributed by atoms with E-state index in [0.717, 1.165) is 44.1 Å². The van der Waals surface area contributed by atoms with Crippen molar-refractivity contribution in [1.29, 1.82) is 5.26 Å². The molecule has 4 aliphatic rings. The Hall–Kier alpha value is -2.16. The Morgan fingerprint density at radius 2 is 1.80 bits per heavy atom. The van der Waals surface area contributed by atoms with Gasteiger partial charge in [0.1, 0.15) is 12.0 Å². The molecule has 0 heterocycles. The molecule has 0 radical (unpaired) electrons. The molecule has 3 fully saturated rings. The van der Waals surface area contributed by atoms with Gasteiger partial charge in [0.05, 0.1) is 6.07 Å². The number of Topliss-reactive ketones (excluding diaryl/α,β-unsaturated/α-hetero) is 1. The molecule has 30 heavy (non-hydrogen) atoms. The summed E-state index contributed by atoms with van der Waals surface area (Å²) in [6.07, 6.45) is 6.02. The van der Waals surface area contributed by atoms with Gasteiger partial charge in [0.2, 0.25) is 5.78 Å². The quantitative estimate of drug-likeness (QED) is 0.633. The van der Waals surface area contributed by atoms with Crippen LogP contribution in [0.5, 0.6) is 0 Å². The Morgan fingerprint density at radius 3 is 2.43 bits per heavy atom. The van der Waals surface area contributed by atoms with Crippen molar-refractivity contribution in [2.24, 2.45) is 34.5 Å². The predicted molar refractivity (Wildman–Crippen MR) is 107 cm³/mol. The van der Waals surface area contributed by atoms with Crippen LogP contribution in [0.2, 0.25) is 0 Å². The Kier molecular flexibility index (Phi) is 5.07. The smallest absolute Gasteiger partial charge is 0.308 e. The lowest BCUT2D eigenvalue weighted by Crippen LogP contribution is -2.53. The zero-order valence-corrected chi connectivity index (χ0v) is 18.3. The van der Waals surface area contributed by atoms with Crippen LogP contribution in [-0.4, -0.2) is 23.8 Å². The highest BCUT2D eigenvalue weighted by molar-refractivity contribution is 6.00. The Balaban J connectivity index is 1.70. The van der Waals surface area contributed by atoms with Crippen molar-refractivity contribution in [3.8, 4) is 6.07 Å². The molecule has 4 rings (SSSR count). The lowest BCUT2D eigenvalue weighted by atomic mass is 9.46. The lowest BCUT2D eigenvalue weighted by Gasteiger charge is -2.58. The monoisotopic (exact) mass is 413 g/mol. The van der Waals surface area contributed by atoms with Gasteiger partial charge in [0.25, 0.3) is 0 Å². The van der Waals surface area contributed by atoms with Gasteiger partial charge in [-0.25, -0.2) is 0 Å². The van der Waals surface area contributed by atoms with E-state index in [1.165, 1.54) is 13.8 Å². The molecular formula is C24H31NO5. The number of esters is 2. The Morgan fingerprint density at radius 1 is 1.07 bits per heavy atom. The molecule has 0 aromatic heterocycles. The maximum absolute atomic E-state index is 12.8. The van der Waals surface area contributed by atoms with Crippen molar-refractivity contribution < 1.29 is 23.9 Å².